The molecule has 18 heteroatoms. The third-order valence-electron chi connectivity index (χ3n) is 5.64. The number of carbonyl (C=O) groups is 4. The summed E-state index contributed by atoms with van der Waals surface area (Å²) in [5.74, 6) is -6.73. The molecule has 2 aliphatic heterocycles. The van der Waals surface area contributed by atoms with E-state index in [0.717, 1.165) is 23.8 Å². The van der Waals surface area contributed by atoms with Crippen LogP contribution < -0.4 is 64.4 Å². The first-order valence-corrected chi connectivity index (χ1v) is 11.2. The van der Waals surface area contributed by atoms with Crippen molar-refractivity contribution in [2.24, 2.45) is 7.05 Å². The minimum Gasteiger partial charge on any atom is -0.508 e. The molecule has 190 valence electrons. The van der Waals surface area contributed by atoms with Crippen LogP contribution >= 0.6 is 11.8 Å². The van der Waals surface area contributed by atoms with Crippen LogP contribution in [0, 0.1) is 0 Å². The molecule has 1 fully saturated rings. The number of carbonyl (C=O) groups excluding carboxylic acids is 2. The number of phenolic OH excluding ortho intramolecular Hbond substituents is 1. The maximum Gasteiger partial charge on any atom is 1.00 e. The Kier molecular flexibility index (Phi) is 10.9. The summed E-state index contributed by atoms with van der Waals surface area (Å²) in [6, 6.07) is 4.93. The van der Waals surface area contributed by atoms with Crippen molar-refractivity contribution < 1.29 is 103 Å². The fourth-order valence-electron chi connectivity index (χ4n) is 3.88. The van der Waals surface area contributed by atoms with Gasteiger partial charge in [-0.05, 0) is 33.7 Å². The van der Waals surface area contributed by atoms with Gasteiger partial charge >= 0.3 is 71.1 Å². The number of thioether (sulfide) groups is 1. The van der Waals surface area contributed by atoms with E-state index in [-0.39, 0.29) is 94.1 Å². The van der Waals surface area contributed by atoms with Crippen molar-refractivity contribution in [3.05, 3.63) is 41.1 Å². The summed E-state index contributed by atoms with van der Waals surface area (Å²) in [6.07, 6.45) is -1.36. The molecule has 0 radical (unpaired) electrons. The molecule has 1 aromatic heterocycles. The number of fused-ring (bicyclic) bond motifs is 1. The number of amides is 2. The summed E-state index contributed by atoms with van der Waals surface area (Å²) in [5.41, 5.74) is -2.17. The van der Waals surface area contributed by atoms with Crippen molar-refractivity contribution in [2.75, 3.05) is 19.5 Å². The van der Waals surface area contributed by atoms with Crippen LogP contribution in [0.5, 0.6) is 5.75 Å². The molecule has 3 heterocycles. The normalized spacial score (nSPS) is 20.8. The second-order valence-electron chi connectivity index (χ2n) is 7.76. The Morgan fingerprint density at radius 1 is 1.26 bits per heavy atom. The number of methoxy groups -OCH3 is 1. The predicted octanol–water partition coefficient (Wildman–Crippen LogP) is -7.12. The van der Waals surface area contributed by atoms with E-state index >= 15 is 0 Å². The van der Waals surface area contributed by atoms with Crippen LogP contribution in [0.15, 0.2) is 40.7 Å². The zero-order valence-corrected chi connectivity index (χ0v) is 25.6. The molecule has 0 aliphatic carbocycles. The number of carboxylic acids is 2. The van der Waals surface area contributed by atoms with E-state index < -0.39 is 41.6 Å². The molecule has 3 atom stereocenters. The minimum atomic E-state index is -2.14. The van der Waals surface area contributed by atoms with Gasteiger partial charge in [0.1, 0.15) is 11.4 Å². The molecule has 2 amide bonds. The molecular weight excluding hydrogens is 546 g/mol. The van der Waals surface area contributed by atoms with Crippen molar-refractivity contribution in [3.63, 3.8) is 0 Å². The number of carboxylic acid groups (broad SMARTS) is 2. The van der Waals surface area contributed by atoms with Gasteiger partial charge in [-0.3, -0.25) is 19.3 Å². The van der Waals surface area contributed by atoms with Gasteiger partial charge in [-0.25, -0.2) is 9.48 Å². The van der Waals surface area contributed by atoms with Crippen LogP contribution in [-0.2, 0) is 35.7 Å². The van der Waals surface area contributed by atoms with E-state index in [1.165, 1.54) is 28.9 Å². The number of rotatable bonds is 9. The first-order valence-electron chi connectivity index (χ1n) is 10.2. The molecule has 0 bridgehead atoms. The van der Waals surface area contributed by atoms with Crippen LogP contribution in [-0.4, -0.2) is 95.6 Å². The maximum atomic E-state index is 13.2. The van der Waals surface area contributed by atoms with Crippen LogP contribution in [0.4, 0.5) is 0 Å². The van der Waals surface area contributed by atoms with Crippen LogP contribution in [0.1, 0.15) is 11.5 Å². The van der Waals surface area contributed by atoms with Crippen molar-refractivity contribution in [3.8, 4) is 5.75 Å². The Morgan fingerprint density at radius 2 is 1.92 bits per heavy atom. The summed E-state index contributed by atoms with van der Waals surface area (Å²) >= 11 is 1.14. The zero-order chi connectivity index (χ0) is 26.2. The summed E-state index contributed by atoms with van der Waals surface area (Å²) in [4.78, 5) is 51.0. The second kappa shape index (κ2) is 12.9. The van der Waals surface area contributed by atoms with Crippen molar-refractivity contribution in [1.82, 2.24) is 30.4 Å². The van der Waals surface area contributed by atoms with E-state index in [4.69, 9.17) is 9.47 Å². The summed E-state index contributed by atoms with van der Waals surface area (Å²) in [5, 5.41) is 42.6. The van der Waals surface area contributed by atoms with Gasteiger partial charge in [-0.15, -0.1) is 5.10 Å². The number of ether oxygens (including phenoxy) is 2. The molecule has 2 aromatic rings. The van der Waals surface area contributed by atoms with Gasteiger partial charge in [0.15, 0.2) is 12.1 Å². The summed E-state index contributed by atoms with van der Waals surface area (Å²) in [6.45, 7) is -0.213. The molecule has 4 rings (SSSR count). The summed E-state index contributed by atoms with van der Waals surface area (Å²) < 4.78 is 12.4. The molecular formula is C20H20N6Na2O9S+2. The number of aromatic hydroxyl groups is 1. The molecule has 15 nitrogen and oxygen atoms in total. The van der Waals surface area contributed by atoms with E-state index in [9.17, 15) is 34.5 Å². The molecule has 1 saturated heterocycles. The monoisotopic (exact) mass is 566 g/mol. The maximum absolute atomic E-state index is 13.2. The smallest absolute Gasteiger partial charge is 0.508 e. The Labute approximate surface area is 263 Å². The minimum absolute atomic E-state index is 0. The molecule has 1 aromatic carbocycles. The van der Waals surface area contributed by atoms with Gasteiger partial charge in [-0.2, -0.15) is 0 Å². The largest absolute Gasteiger partial charge is 1.00 e. The molecule has 1 unspecified atom stereocenters. The Balaban J connectivity index is 0.00000253. The quantitative estimate of drug-likeness (QED) is 0.0733. The number of phenols is 1. The number of hydrogen-bond acceptors (Lipinski definition) is 11. The topological polar surface area (TPSA) is 206 Å². The fraction of sp³-hybridized carbons (Fsp3) is 0.350. The van der Waals surface area contributed by atoms with Gasteiger partial charge in [-0.1, -0.05) is 23.9 Å². The number of benzene rings is 1. The third-order valence-corrected chi connectivity index (χ3v) is 6.73. The number of hydrogen-bond donors (Lipinski definition) is 4. The van der Waals surface area contributed by atoms with Crippen LogP contribution in [0.3, 0.4) is 0 Å². The SMILES string of the molecule is CO[C@@]1(NC(=O)C(C(=O)O)c2ccc(O)cc2)C(=O)N2C(C(=O)O)=C(CSc3nnnn3C)CO[C@@H]21.[Na+].[Na+]. The fourth-order valence-corrected chi connectivity index (χ4v) is 4.72. The molecule has 2 aliphatic rings. The number of β-lactam (4-membered cyclic amide) rings is 1. The summed E-state index contributed by atoms with van der Waals surface area (Å²) in [7, 11) is 2.71. The number of nitrogens with zero attached hydrogens (tertiary/aromatic N) is 5. The van der Waals surface area contributed by atoms with Gasteiger partial charge in [0.25, 0.3) is 11.6 Å². The van der Waals surface area contributed by atoms with Gasteiger partial charge in [0.05, 0.1) is 6.61 Å². The number of aryl methyl sites for hydroxylation is 1. The molecule has 0 spiro atoms. The Bertz CT molecular complexity index is 1270. The number of aromatic nitrogens is 4. The average molecular weight is 566 g/mol. The van der Waals surface area contributed by atoms with Crippen molar-refractivity contribution >= 4 is 35.5 Å². The molecule has 0 saturated carbocycles. The molecule has 4 N–H and O–H groups in total. The second-order valence-corrected chi connectivity index (χ2v) is 8.70. The number of tetrazole rings is 1. The van der Waals surface area contributed by atoms with E-state index in [1.54, 1.807) is 7.05 Å². The predicted molar refractivity (Wildman–Crippen MR) is 117 cm³/mol. The zero-order valence-electron chi connectivity index (χ0n) is 20.8. The average Bonchev–Trinajstić information content (AvgIpc) is 3.25. The first-order chi connectivity index (χ1) is 17.1. The van der Waals surface area contributed by atoms with Crippen LogP contribution in [0.2, 0.25) is 0 Å². The molecule has 38 heavy (non-hydrogen) atoms. The van der Waals surface area contributed by atoms with Crippen molar-refractivity contribution in [2.45, 2.75) is 23.0 Å². The Hall–Kier alpha value is -2.02. The van der Waals surface area contributed by atoms with E-state index in [1.807, 2.05) is 0 Å². The first kappa shape index (κ1) is 32.2. The van der Waals surface area contributed by atoms with E-state index in [0.29, 0.717) is 5.16 Å². The van der Waals surface area contributed by atoms with Crippen molar-refractivity contribution in [1.29, 1.82) is 0 Å². The van der Waals surface area contributed by atoms with Crippen LogP contribution in [0.25, 0.3) is 0 Å². The van der Waals surface area contributed by atoms with Gasteiger partial charge in [0.2, 0.25) is 11.1 Å². The van der Waals surface area contributed by atoms with Gasteiger partial charge < -0.3 is 30.1 Å². The Morgan fingerprint density at radius 3 is 2.45 bits per heavy atom. The number of nitrogens with one attached hydrogen (secondary N) is 1. The van der Waals surface area contributed by atoms with Gasteiger partial charge in [0, 0.05) is 19.9 Å². The van der Waals surface area contributed by atoms with E-state index in [2.05, 4.69) is 20.8 Å². The standard InChI is InChI=1S/C20H20N6O9S.2Na/c1-25-19(22-23-24-25)36-8-10-7-35-18-20(34-2,17(33)26(18)13(10)16(31)32)21-14(28)12(15(29)30)9-3-5-11(27)6-4-9;;/h3-6,12,18,27H,7-8H2,1-2H3,(H,21,28)(H,29,30)(H,31,32);;/q;2*+1/t12?,18-,20+;;/m1../s1. The third kappa shape index (κ3) is 5.78. The number of aliphatic carboxylic acids is 2.